The summed E-state index contributed by atoms with van der Waals surface area (Å²) in [5.41, 5.74) is 2.29. The Hall–Kier alpha value is -3.68. The van der Waals surface area contributed by atoms with Crippen molar-refractivity contribution in [3.63, 3.8) is 0 Å². The Kier molecular flexibility index (Phi) is 5.11. The average molecular weight is 416 g/mol. The van der Waals surface area contributed by atoms with Crippen molar-refractivity contribution in [1.82, 2.24) is 24.9 Å². The molecule has 0 aliphatic carbocycles. The fourth-order valence-electron chi connectivity index (χ4n) is 3.93. The van der Waals surface area contributed by atoms with E-state index in [0.29, 0.717) is 30.6 Å². The summed E-state index contributed by atoms with van der Waals surface area (Å²) in [5, 5.41) is 11.9. The van der Waals surface area contributed by atoms with E-state index in [1.807, 2.05) is 55.5 Å². The van der Waals surface area contributed by atoms with Crippen molar-refractivity contribution in [3.8, 4) is 17.1 Å². The number of nitrogens with zero attached hydrogens (tertiary/aromatic N) is 4. The van der Waals surface area contributed by atoms with Crippen molar-refractivity contribution in [3.05, 3.63) is 48.5 Å². The summed E-state index contributed by atoms with van der Waals surface area (Å²) in [6.07, 6.45) is 2.69. The standard InChI is InChI=1S/C23H24N6O2/c1-2-31-19-13-6-4-10-16(19)20-27-21-15-9-3-5-11-17(15)25-23(29(21)28-20)26-18-12-7-8-14-24-22(18)30/h3-6,9-11,13,18H,2,7-8,12,14H2,1H3,(H,24,30)(H,25,26)/t18-/m1/s1. The van der Waals surface area contributed by atoms with Gasteiger partial charge in [-0.25, -0.2) is 9.97 Å². The number of aromatic nitrogens is 4. The van der Waals surface area contributed by atoms with Crippen LogP contribution in [0.5, 0.6) is 5.75 Å². The fourth-order valence-corrected chi connectivity index (χ4v) is 3.93. The molecule has 2 N–H and O–H groups in total. The maximum absolute atomic E-state index is 12.5. The van der Waals surface area contributed by atoms with Crippen LogP contribution in [0, 0.1) is 0 Å². The van der Waals surface area contributed by atoms with Crippen LogP contribution in [-0.4, -0.2) is 44.7 Å². The highest BCUT2D eigenvalue weighted by molar-refractivity contribution is 5.93. The summed E-state index contributed by atoms with van der Waals surface area (Å²) >= 11 is 0. The minimum atomic E-state index is -0.359. The zero-order valence-corrected chi connectivity index (χ0v) is 17.3. The maximum Gasteiger partial charge on any atom is 0.242 e. The molecule has 31 heavy (non-hydrogen) atoms. The largest absolute Gasteiger partial charge is 0.493 e. The Balaban J connectivity index is 1.66. The number of ether oxygens (including phenoxy) is 1. The summed E-state index contributed by atoms with van der Waals surface area (Å²) in [7, 11) is 0. The molecule has 2 aromatic carbocycles. The molecule has 8 nitrogen and oxygen atoms in total. The van der Waals surface area contributed by atoms with Crippen molar-refractivity contribution >= 4 is 28.4 Å². The van der Waals surface area contributed by atoms with Crippen LogP contribution in [0.15, 0.2) is 48.5 Å². The first-order valence-corrected chi connectivity index (χ1v) is 10.7. The molecule has 0 bridgehead atoms. The van der Waals surface area contributed by atoms with Gasteiger partial charge in [0.2, 0.25) is 11.9 Å². The maximum atomic E-state index is 12.5. The van der Waals surface area contributed by atoms with Gasteiger partial charge in [-0.3, -0.25) is 4.79 Å². The highest BCUT2D eigenvalue weighted by Gasteiger charge is 2.23. The zero-order chi connectivity index (χ0) is 21.2. The van der Waals surface area contributed by atoms with Gasteiger partial charge in [0.1, 0.15) is 11.8 Å². The molecule has 3 heterocycles. The summed E-state index contributed by atoms with van der Waals surface area (Å²) in [4.78, 5) is 22.1. The fraction of sp³-hybridized carbons (Fsp3) is 0.304. The van der Waals surface area contributed by atoms with Gasteiger partial charge in [-0.1, -0.05) is 24.3 Å². The van der Waals surface area contributed by atoms with Crippen LogP contribution in [0.1, 0.15) is 26.2 Å². The normalized spacial score (nSPS) is 16.8. The van der Waals surface area contributed by atoms with Crippen LogP contribution >= 0.6 is 0 Å². The number of carbonyl (C=O) groups is 1. The van der Waals surface area contributed by atoms with Crippen molar-refractivity contribution in [2.75, 3.05) is 18.5 Å². The summed E-state index contributed by atoms with van der Waals surface area (Å²) in [6, 6.07) is 15.2. The molecule has 0 unspecified atom stereocenters. The number of benzene rings is 2. The smallest absolute Gasteiger partial charge is 0.242 e. The van der Waals surface area contributed by atoms with E-state index in [2.05, 4.69) is 10.6 Å². The second-order valence-corrected chi connectivity index (χ2v) is 7.54. The Morgan fingerprint density at radius 2 is 1.97 bits per heavy atom. The molecular weight excluding hydrogens is 392 g/mol. The molecule has 1 atom stereocenters. The summed E-state index contributed by atoms with van der Waals surface area (Å²) < 4.78 is 7.47. The van der Waals surface area contributed by atoms with Crippen LogP contribution in [-0.2, 0) is 4.79 Å². The molecular formula is C23H24N6O2. The lowest BCUT2D eigenvalue weighted by atomic mass is 10.1. The van der Waals surface area contributed by atoms with E-state index in [-0.39, 0.29) is 11.9 Å². The molecule has 4 aromatic rings. The lowest BCUT2D eigenvalue weighted by molar-refractivity contribution is -0.121. The summed E-state index contributed by atoms with van der Waals surface area (Å²) in [5.74, 6) is 1.78. The van der Waals surface area contributed by atoms with Crippen LogP contribution in [0.3, 0.4) is 0 Å². The number of amides is 1. The third-order valence-corrected chi connectivity index (χ3v) is 5.45. The third kappa shape index (κ3) is 3.65. The average Bonchev–Trinajstić information content (AvgIpc) is 3.14. The number of hydrogen-bond acceptors (Lipinski definition) is 6. The molecule has 2 aromatic heterocycles. The van der Waals surface area contributed by atoms with E-state index in [1.165, 1.54) is 0 Å². The Morgan fingerprint density at radius 1 is 1.13 bits per heavy atom. The Labute approximate surface area is 179 Å². The van der Waals surface area contributed by atoms with Crippen molar-refractivity contribution in [2.24, 2.45) is 0 Å². The van der Waals surface area contributed by atoms with Gasteiger partial charge in [0.15, 0.2) is 11.5 Å². The van der Waals surface area contributed by atoms with Gasteiger partial charge in [-0.15, -0.1) is 5.10 Å². The molecule has 1 aliphatic heterocycles. The Bertz CT molecular complexity index is 1250. The van der Waals surface area contributed by atoms with Gasteiger partial charge in [0.05, 0.1) is 17.7 Å². The second kappa shape index (κ2) is 8.22. The first-order chi connectivity index (χ1) is 15.2. The van der Waals surface area contributed by atoms with Gasteiger partial charge in [-0.05, 0) is 50.5 Å². The quantitative estimate of drug-likeness (QED) is 0.518. The van der Waals surface area contributed by atoms with Gasteiger partial charge in [-0.2, -0.15) is 4.52 Å². The molecule has 5 rings (SSSR count). The van der Waals surface area contributed by atoms with E-state index < -0.39 is 0 Å². The predicted octanol–water partition coefficient (Wildman–Crippen LogP) is 3.42. The van der Waals surface area contributed by atoms with Gasteiger partial charge in [0.25, 0.3) is 0 Å². The first-order valence-electron chi connectivity index (χ1n) is 10.7. The summed E-state index contributed by atoms with van der Waals surface area (Å²) in [6.45, 7) is 3.21. The lowest BCUT2D eigenvalue weighted by Crippen LogP contribution is -2.38. The number of rotatable bonds is 5. The molecule has 0 spiro atoms. The van der Waals surface area contributed by atoms with Crippen LogP contribution in [0.2, 0.25) is 0 Å². The number of anilines is 1. The predicted molar refractivity (Wildman–Crippen MR) is 119 cm³/mol. The Morgan fingerprint density at radius 3 is 2.87 bits per heavy atom. The molecule has 8 heteroatoms. The van der Waals surface area contributed by atoms with Crippen molar-refractivity contribution < 1.29 is 9.53 Å². The molecule has 0 radical (unpaired) electrons. The second-order valence-electron chi connectivity index (χ2n) is 7.54. The minimum Gasteiger partial charge on any atom is -0.493 e. The highest BCUT2D eigenvalue weighted by Crippen LogP contribution is 2.30. The van der Waals surface area contributed by atoms with Crippen LogP contribution < -0.4 is 15.4 Å². The van der Waals surface area contributed by atoms with E-state index in [9.17, 15) is 4.79 Å². The van der Waals surface area contributed by atoms with E-state index >= 15 is 0 Å². The number of fused-ring (bicyclic) bond motifs is 3. The van der Waals surface area contributed by atoms with Crippen LogP contribution in [0.25, 0.3) is 27.9 Å². The molecule has 1 saturated heterocycles. The van der Waals surface area contributed by atoms with Crippen molar-refractivity contribution in [1.29, 1.82) is 0 Å². The number of hydrogen-bond donors (Lipinski definition) is 2. The third-order valence-electron chi connectivity index (χ3n) is 5.45. The van der Waals surface area contributed by atoms with Gasteiger partial charge in [0, 0.05) is 11.9 Å². The molecule has 1 fully saturated rings. The van der Waals surface area contributed by atoms with E-state index in [4.69, 9.17) is 19.8 Å². The molecule has 158 valence electrons. The molecule has 1 aliphatic rings. The highest BCUT2D eigenvalue weighted by atomic mass is 16.5. The van der Waals surface area contributed by atoms with E-state index in [1.54, 1.807) is 4.52 Å². The number of carbonyl (C=O) groups excluding carboxylic acids is 1. The molecule has 0 saturated carbocycles. The number of nitrogens with one attached hydrogen (secondary N) is 2. The number of para-hydroxylation sites is 2. The monoisotopic (exact) mass is 416 g/mol. The topological polar surface area (TPSA) is 93.4 Å². The van der Waals surface area contributed by atoms with Crippen LogP contribution in [0.4, 0.5) is 5.95 Å². The zero-order valence-electron chi connectivity index (χ0n) is 17.3. The minimum absolute atomic E-state index is 0.0114. The SMILES string of the molecule is CCOc1ccccc1-c1nc2c3ccccc3nc(N[C@@H]3CCCCNC3=O)n2n1. The van der Waals surface area contributed by atoms with E-state index in [0.717, 1.165) is 41.5 Å². The molecule has 1 amide bonds. The van der Waals surface area contributed by atoms with Gasteiger partial charge >= 0.3 is 0 Å². The van der Waals surface area contributed by atoms with Crippen molar-refractivity contribution in [2.45, 2.75) is 32.2 Å². The lowest BCUT2D eigenvalue weighted by Gasteiger charge is -2.16. The van der Waals surface area contributed by atoms with Gasteiger partial charge < -0.3 is 15.4 Å². The first kappa shape index (κ1) is 19.3.